The zero-order valence-electron chi connectivity index (χ0n) is 60.0. The maximum absolute atomic E-state index is 5.79. The molecule has 0 bridgehead atoms. The lowest BCUT2D eigenvalue weighted by Gasteiger charge is -2.19. The number of hydrogen-bond donors (Lipinski definition) is 8. The first-order chi connectivity index (χ1) is 55.3. The highest BCUT2D eigenvalue weighted by Crippen LogP contribution is 2.35. The van der Waals surface area contributed by atoms with Gasteiger partial charge in [0.15, 0.2) is 9.50 Å². The van der Waals surface area contributed by atoms with Gasteiger partial charge in [0.2, 0.25) is 58.7 Å². The Hall–Kier alpha value is -14.7. The van der Waals surface area contributed by atoms with Crippen LogP contribution in [0.25, 0.3) is 10.2 Å². The fraction of sp³-hybridized carbons (Fsp3) is 0.0116. The van der Waals surface area contributed by atoms with Gasteiger partial charge in [-0.25, -0.2) is 4.98 Å². The van der Waals surface area contributed by atoms with E-state index < -0.39 is 0 Å². The van der Waals surface area contributed by atoms with E-state index in [9.17, 15) is 0 Å². The maximum atomic E-state index is 5.79. The molecule has 5 aromatic heterocycles. The minimum absolute atomic E-state index is 0.202. The molecule has 0 aliphatic carbocycles. The third-order valence-electron chi connectivity index (χ3n) is 15.5. The third kappa shape index (κ3) is 22.9. The lowest BCUT2D eigenvalue weighted by molar-refractivity contribution is 0.441. The molecule has 23 nitrogen and oxygen atoms in total. The standard InChI is InChI=1S/C22H16N6S2.C22H20N6.C21H17N5O.C21H17N5S/c1-3-9-15(10-4-1)23-19-26-20(24-16-11-5-2-6-12-16)28-21(27-19)30-22-25-17-13-7-8-14-18(17)29-22;1-28(19-15-9-4-10-16-19)22-26-20(23-17-11-5-2-6-12-17)25-21(27-22)24-18-13-7-3-8-14-18;2*1-4-10-16(11-5-1)22-19-24-20(23-17-12-6-2-7-13-17)26-21(25-19)27-18-14-8-3-9-15-18/h1-14H,(H2,23,24,26,27,28);2-16H,1H3,(H2,23,24,25,26,27);2*1-15H,(H2,22,23,24,25,26). The van der Waals surface area contributed by atoms with Gasteiger partial charge >= 0.3 is 6.01 Å². The third-order valence-corrected chi connectivity index (χ3v) is 18.3. The Morgan fingerprint density at radius 3 is 0.857 bits per heavy atom. The first kappa shape index (κ1) is 74.1. The summed E-state index contributed by atoms with van der Waals surface area (Å²) in [6, 6.07) is 116. The Morgan fingerprint density at radius 1 is 0.259 bits per heavy atom. The Bertz CT molecular complexity index is 5100. The number of ether oxygens (including phenoxy) is 1. The number of benzene rings is 12. The number of para-hydroxylation sites is 11. The van der Waals surface area contributed by atoms with E-state index in [2.05, 4.69) is 113 Å². The Kier molecular flexibility index (Phi) is 25.6. The number of nitrogens with one attached hydrogen (secondary N) is 8. The second-order valence-electron chi connectivity index (χ2n) is 23.8. The molecule has 0 spiro atoms. The quantitative estimate of drug-likeness (QED) is 0.0279. The highest BCUT2D eigenvalue weighted by atomic mass is 32.2. The van der Waals surface area contributed by atoms with Gasteiger partial charge in [0.05, 0.1) is 10.2 Å². The number of aromatic nitrogens is 13. The van der Waals surface area contributed by atoms with Gasteiger partial charge in [-0.1, -0.05) is 212 Å². The molecule has 0 amide bonds. The van der Waals surface area contributed by atoms with Crippen molar-refractivity contribution in [3.8, 4) is 11.8 Å². The fourth-order valence-electron chi connectivity index (χ4n) is 10.3. The summed E-state index contributed by atoms with van der Waals surface area (Å²) in [5, 5.41) is 27.0. The van der Waals surface area contributed by atoms with Crippen LogP contribution in [0.4, 0.5) is 105 Å². The smallest absolute Gasteiger partial charge is 0.328 e. The van der Waals surface area contributed by atoms with Crippen LogP contribution in [0.2, 0.25) is 0 Å². The molecular formula is C86H70N22OS3. The van der Waals surface area contributed by atoms with Crippen molar-refractivity contribution in [3.05, 3.63) is 358 Å². The van der Waals surface area contributed by atoms with E-state index in [-0.39, 0.29) is 6.01 Å². The van der Waals surface area contributed by atoms with Crippen molar-refractivity contribution in [1.29, 1.82) is 0 Å². The molecule has 548 valence electrons. The van der Waals surface area contributed by atoms with E-state index in [1.807, 2.05) is 364 Å². The van der Waals surface area contributed by atoms with Crippen molar-refractivity contribution in [3.63, 3.8) is 0 Å². The van der Waals surface area contributed by atoms with Gasteiger partial charge in [-0.05, 0) is 169 Å². The summed E-state index contributed by atoms with van der Waals surface area (Å²) < 4.78 is 7.82. The van der Waals surface area contributed by atoms with Gasteiger partial charge in [0.25, 0.3) is 0 Å². The summed E-state index contributed by atoms with van der Waals surface area (Å²) in [5.41, 5.74) is 9.19. The molecule has 0 fully saturated rings. The molecule has 0 atom stereocenters. The zero-order valence-corrected chi connectivity index (χ0v) is 62.4. The van der Waals surface area contributed by atoms with Gasteiger partial charge in [-0.15, -0.1) is 11.3 Å². The van der Waals surface area contributed by atoms with Crippen molar-refractivity contribution in [2.24, 2.45) is 0 Å². The van der Waals surface area contributed by atoms with Crippen LogP contribution in [0.1, 0.15) is 0 Å². The van der Waals surface area contributed by atoms with E-state index in [1.165, 1.54) is 23.5 Å². The van der Waals surface area contributed by atoms with Crippen LogP contribution in [0.15, 0.2) is 377 Å². The molecule has 0 aliphatic rings. The highest BCUT2D eigenvalue weighted by Gasteiger charge is 2.17. The predicted octanol–water partition coefficient (Wildman–Crippen LogP) is 21.9. The van der Waals surface area contributed by atoms with E-state index in [1.54, 1.807) is 11.3 Å². The van der Waals surface area contributed by atoms with Crippen molar-refractivity contribution in [1.82, 2.24) is 64.8 Å². The Morgan fingerprint density at radius 2 is 0.527 bits per heavy atom. The number of hydrogen-bond acceptors (Lipinski definition) is 26. The summed E-state index contributed by atoms with van der Waals surface area (Å²) in [4.78, 5) is 61.9. The van der Waals surface area contributed by atoms with Crippen LogP contribution in [0, 0.1) is 0 Å². The lowest BCUT2D eigenvalue weighted by Crippen LogP contribution is -2.15. The zero-order chi connectivity index (χ0) is 76.0. The van der Waals surface area contributed by atoms with E-state index in [0.29, 0.717) is 69.6 Å². The van der Waals surface area contributed by atoms with Crippen LogP contribution in [-0.2, 0) is 0 Å². The average molecular weight is 1520 g/mol. The molecule has 0 saturated heterocycles. The predicted molar refractivity (Wildman–Crippen MR) is 452 cm³/mol. The van der Waals surface area contributed by atoms with E-state index >= 15 is 0 Å². The Labute approximate surface area is 658 Å². The fourth-order valence-corrected chi connectivity index (χ4v) is 13.0. The van der Waals surface area contributed by atoms with Crippen molar-refractivity contribution < 1.29 is 4.74 Å². The lowest BCUT2D eigenvalue weighted by atomic mass is 10.3. The number of nitrogens with zero attached hydrogens (tertiary/aromatic N) is 14. The van der Waals surface area contributed by atoms with Gasteiger partial charge in [-0.3, -0.25) is 0 Å². The summed E-state index contributed by atoms with van der Waals surface area (Å²) >= 11 is 4.55. The molecule has 112 heavy (non-hydrogen) atoms. The molecule has 5 heterocycles. The average Bonchev–Trinajstić information content (AvgIpc) is 1.34. The van der Waals surface area contributed by atoms with Gasteiger partial charge in [-0.2, -0.15) is 59.8 Å². The van der Waals surface area contributed by atoms with Gasteiger partial charge in [0.1, 0.15) is 5.75 Å². The van der Waals surface area contributed by atoms with Crippen LogP contribution in [0.5, 0.6) is 11.8 Å². The number of fused-ring (bicyclic) bond motifs is 1. The normalized spacial score (nSPS) is 10.4. The monoisotopic (exact) mass is 1520 g/mol. The minimum atomic E-state index is 0.202. The molecule has 0 saturated carbocycles. The topological polar surface area (TPSA) is 276 Å². The molecular weight excluding hydrogens is 1450 g/mol. The summed E-state index contributed by atoms with van der Waals surface area (Å²) in [5.74, 6) is 4.84. The molecule has 0 aliphatic heterocycles. The molecule has 26 heteroatoms. The molecule has 17 aromatic rings. The van der Waals surface area contributed by atoms with Crippen LogP contribution >= 0.6 is 34.9 Å². The maximum Gasteiger partial charge on any atom is 0.328 e. The Balaban J connectivity index is 0.000000124. The van der Waals surface area contributed by atoms with Crippen molar-refractivity contribution in [2.75, 3.05) is 54.5 Å². The van der Waals surface area contributed by atoms with Crippen LogP contribution < -0.4 is 52.2 Å². The van der Waals surface area contributed by atoms with E-state index in [0.717, 1.165) is 70.6 Å². The molecule has 17 rings (SSSR count). The SMILES string of the molecule is CN(c1ccccc1)c1nc(Nc2ccccc2)nc(Nc2ccccc2)n1.c1ccc(Nc2nc(Nc3ccccc3)nc(Oc3ccccc3)n2)cc1.c1ccc(Nc2nc(Nc3ccccc3)nc(Sc3ccccc3)n2)cc1.c1ccc(Nc2nc(Nc3ccccc3)nc(Sc3nc4ccccc4s3)n2)cc1. The second-order valence-corrected chi connectivity index (χ2v) is 27.1. The van der Waals surface area contributed by atoms with Crippen LogP contribution in [0.3, 0.4) is 0 Å². The van der Waals surface area contributed by atoms with Crippen LogP contribution in [-0.4, -0.2) is 71.8 Å². The first-order valence-electron chi connectivity index (χ1n) is 35.2. The van der Waals surface area contributed by atoms with Gasteiger partial charge < -0.3 is 52.2 Å². The molecule has 12 aromatic carbocycles. The summed E-state index contributed by atoms with van der Waals surface area (Å²) in [6.45, 7) is 0. The number of thiazole rings is 1. The molecule has 0 radical (unpaired) electrons. The summed E-state index contributed by atoms with van der Waals surface area (Å²) in [7, 11) is 1.93. The molecule has 8 N–H and O–H groups in total. The van der Waals surface area contributed by atoms with Gasteiger partial charge in [0, 0.05) is 63.1 Å². The van der Waals surface area contributed by atoms with E-state index in [4.69, 9.17) is 4.74 Å². The first-order valence-corrected chi connectivity index (χ1v) is 37.6. The highest BCUT2D eigenvalue weighted by molar-refractivity contribution is 8.01. The molecule has 0 unspecified atom stereocenters. The largest absolute Gasteiger partial charge is 0.424 e. The van der Waals surface area contributed by atoms with Crippen molar-refractivity contribution >= 4 is 150 Å². The van der Waals surface area contributed by atoms with Crippen molar-refractivity contribution in [2.45, 2.75) is 19.5 Å². The minimum Gasteiger partial charge on any atom is -0.424 e. The summed E-state index contributed by atoms with van der Waals surface area (Å²) in [6.07, 6.45) is 0. The number of rotatable bonds is 24. The number of anilines is 18. The second kappa shape index (κ2) is 38.7.